The van der Waals surface area contributed by atoms with Gasteiger partial charge in [0.15, 0.2) is 5.03 Å². The molecule has 1 aliphatic heterocycles. The highest BCUT2D eigenvalue weighted by Crippen LogP contribution is 2.42. The third-order valence-corrected chi connectivity index (χ3v) is 8.94. The molecule has 0 aliphatic carbocycles. The average Bonchev–Trinajstić information content (AvgIpc) is 2.92. The van der Waals surface area contributed by atoms with Gasteiger partial charge in [0.05, 0.1) is 5.56 Å². The van der Waals surface area contributed by atoms with Gasteiger partial charge in [-0.05, 0) is 39.6 Å². The number of hydrogen-bond acceptors (Lipinski definition) is 5. The highest BCUT2D eigenvalue weighted by atomic mass is 32.2. The van der Waals surface area contributed by atoms with Gasteiger partial charge in [-0.3, -0.25) is 14.2 Å². The molecule has 1 aliphatic rings. The molecule has 0 saturated heterocycles. The monoisotopic (exact) mass is 585 g/mol. The van der Waals surface area contributed by atoms with Crippen molar-refractivity contribution in [1.29, 1.82) is 0 Å². The van der Waals surface area contributed by atoms with Crippen molar-refractivity contribution in [3.8, 4) is 11.1 Å². The number of carbonyl (C=O) groups is 2. The number of anilines is 1. The summed E-state index contributed by atoms with van der Waals surface area (Å²) in [4.78, 5) is 37.7. The fourth-order valence-corrected chi connectivity index (χ4v) is 6.77. The van der Waals surface area contributed by atoms with E-state index in [1.807, 2.05) is 12.1 Å². The molecule has 0 fully saturated rings. The fourth-order valence-electron chi connectivity index (χ4n) is 5.18. The van der Waals surface area contributed by atoms with E-state index in [9.17, 15) is 41.1 Å². The molecule has 5 rings (SSSR count). The molecule has 1 atom stereocenters. The van der Waals surface area contributed by atoms with E-state index in [1.165, 1.54) is 6.07 Å². The largest absolute Gasteiger partial charge is 0.480 e. The van der Waals surface area contributed by atoms with Gasteiger partial charge in [0.25, 0.3) is 15.6 Å². The normalized spacial score (nSPS) is 16.7. The smallest absolute Gasteiger partial charge is 0.416 e. The van der Waals surface area contributed by atoms with Gasteiger partial charge < -0.3 is 10.4 Å². The standard InChI is InChI=1S/C28H22F3N3O6S/c1-33-14-22(27(37)38)34-25(36)24(32-15-35)21(13-17-8-4-7-16-6-2-3-11-20(16)17)23(26(34)41(33,39)40)18-9-5-10-19(12-18)28(29,30)31/h2-12,15,22H,13-14H2,1H3,(H,32,35)(H,37,38). The van der Waals surface area contributed by atoms with Crippen LogP contribution in [-0.2, 0) is 32.2 Å². The van der Waals surface area contributed by atoms with Crippen LogP contribution in [0.5, 0.6) is 0 Å². The van der Waals surface area contributed by atoms with Crippen molar-refractivity contribution in [2.75, 3.05) is 18.9 Å². The van der Waals surface area contributed by atoms with E-state index in [0.29, 0.717) is 10.1 Å². The molecule has 2 N–H and O–H groups in total. The minimum atomic E-state index is -4.79. The molecule has 0 spiro atoms. The lowest BCUT2D eigenvalue weighted by molar-refractivity contribution is -0.141. The summed E-state index contributed by atoms with van der Waals surface area (Å²) in [6.07, 6.45) is -4.80. The minimum absolute atomic E-state index is 0.0768. The molecule has 1 unspecified atom stereocenters. The molecule has 0 radical (unpaired) electrons. The number of carbonyl (C=O) groups excluding carboxylic acids is 1. The molecule has 41 heavy (non-hydrogen) atoms. The number of carboxylic acids is 1. The van der Waals surface area contributed by atoms with Gasteiger partial charge in [0.1, 0.15) is 11.7 Å². The molecule has 212 valence electrons. The first-order valence-electron chi connectivity index (χ1n) is 12.2. The van der Waals surface area contributed by atoms with E-state index < -0.39 is 56.6 Å². The number of halogens is 3. The molecule has 3 aromatic carbocycles. The number of hydrogen-bond donors (Lipinski definition) is 2. The Morgan fingerprint density at radius 3 is 2.46 bits per heavy atom. The molecule has 13 heteroatoms. The van der Waals surface area contributed by atoms with Gasteiger partial charge in [0.2, 0.25) is 6.41 Å². The van der Waals surface area contributed by atoms with Crippen LogP contribution in [0.3, 0.4) is 0 Å². The number of sulfonamides is 1. The van der Waals surface area contributed by atoms with Crippen molar-refractivity contribution in [2.45, 2.75) is 23.7 Å². The number of carboxylic acid groups (broad SMARTS) is 1. The zero-order valence-corrected chi connectivity index (χ0v) is 22.2. The second kappa shape index (κ2) is 10.2. The summed E-state index contributed by atoms with van der Waals surface area (Å²) in [6.45, 7) is -0.615. The third kappa shape index (κ3) is 4.76. The minimum Gasteiger partial charge on any atom is -0.480 e. The third-order valence-electron chi connectivity index (χ3n) is 7.08. The predicted octanol–water partition coefficient (Wildman–Crippen LogP) is 4.11. The Labute approximate surface area is 231 Å². The van der Waals surface area contributed by atoms with Gasteiger partial charge >= 0.3 is 12.1 Å². The molecule has 1 aromatic heterocycles. The molecular weight excluding hydrogens is 563 g/mol. The van der Waals surface area contributed by atoms with Crippen LogP contribution in [0, 0.1) is 0 Å². The van der Waals surface area contributed by atoms with Crippen molar-refractivity contribution in [2.24, 2.45) is 0 Å². The Balaban J connectivity index is 1.97. The summed E-state index contributed by atoms with van der Waals surface area (Å²) in [5, 5.41) is 13.0. The second-order valence-corrected chi connectivity index (χ2v) is 11.5. The molecule has 0 saturated carbocycles. The van der Waals surface area contributed by atoms with Gasteiger partial charge in [-0.15, -0.1) is 0 Å². The number of nitrogens with zero attached hydrogens (tertiary/aromatic N) is 2. The highest BCUT2D eigenvalue weighted by molar-refractivity contribution is 7.89. The number of likely N-dealkylation sites (N-methyl/N-ethyl adjacent to an activating group) is 1. The number of benzene rings is 3. The zero-order chi connectivity index (χ0) is 29.7. The van der Waals surface area contributed by atoms with Crippen molar-refractivity contribution in [3.05, 3.63) is 93.8 Å². The maximum absolute atomic E-state index is 13.8. The first-order chi connectivity index (χ1) is 19.4. The van der Waals surface area contributed by atoms with Crippen LogP contribution in [0.25, 0.3) is 21.9 Å². The number of nitrogens with one attached hydrogen (secondary N) is 1. The Morgan fingerprint density at radius 1 is 1.10 bits per heavy atom. The SMILES string of the molecule is CN1CC(C(=O)O)n2c(c(-c3cccc(C(F)(F)F)c3)c(Cc3cccc4ccccc34)c(NC=O)c2=O)S1(=O)=O. The van der Waals surface area contributed by atoms with Crippen LogP contribution in [0.2, 0.25) is 0 Å². The van der Waals surface area contributed by atoms with E-state index >= 15 is 0 Å². The average molecular weight is 586 g/mol. The van der Waals surface area contributed by atoms with Crippen LogP contribution in [0.15, 0.2) is 76.6 Å². The summed E-state index contributed by atoms with van der Waals surface area (Å²) in [7, 11) is -3.47. The molecule has 0 bridgehead atoms. The lowest BCUT2D eigenvalue weighted by Gasteiger charge is -2.34. The fraction of sp³-hybridized carbons (Fsp3) is 0.179. The van der Waals surface area contributed by atoms with Gasteiger partial charge in [0, 0.05) is 25.6 Å². The number of aromatic nitrogens is 1. The summed E-state index contributed by atoms with van der Waals surface area (Å²) in [5.74, 6) is -1.54. The Bertz CT molecular complexity index is 1880. The molecule has 1 amide bonds. The summed E-state index contributed by atoms with van der Waals surface area (Å²) < 4.78 is 70.1. The topological polar surface area (TPSA) is 126 Å². The lowest BCUT2D eigenvalue weighted by Crippen LogP contribution is -2.48. The van der Waals surface area contributed by atoms with E-state index in [4.69, 9.17) is 0 Å². The quantitative estimate of drug-likeness (QED) is 0.328. The zero-order valence-electron chi connectivity index (χ0n) is 21.3. The molecule has 2 heterocycles. The predicted molar refractivity (Wildman–Crippen MR) is 144 cm³/mol. The number of pyridine rings is 1. The number of rotatable bonds is 6. The highest BCUT2D eigenvalue weighted by Gasteiger charge is 2.43. The maximum atomic E-state index is 13.8. The van der Waals surface area contributed by atoms with Crippen LogP contribution in [-0.4, -0.2) is 48.4 Å². The Kier molecular flexibility index (Phi) is 6.95. The second-order valence-electron chi connectivity index (χ2n) is 9.50. The van der Waals surface area contributed by atoms with Crippen molar-refractivity contribution >= 4 is 38.9 Å². The first kappa shape index (κ1) is 28.1. The Hall–Kier alpha value is -4.49. The number of fused-ring (bicyclic) bond motifs is 2. The molecular formula is C28H22F3N3O6S. The summed E-state index contributed by atoms with van der Waals surface area (Å²) >= 11 is 0. The van der Waals surface area contributed by atoms with Crippen molar-refractivity contribution in [1.82, 2.24) is 8.87 Å². The van der Waals surface area contributed by atoms with Crippen LogP contribution >= 0.6 is 0 Å². The number of aliphatic carboxylic acids is 1. The van der Waals surface area contributed by atoms with Crippen LogP contribution in [0.4, 0.5) is 18.9 Å². The molecule has 4 aromatic rings. The summed E-state index contributed by atoms with van der Waals surface area (Å²) in [5.41, 5.74) is -2.66. The van der Waals surface area contributed by atoms with Crippen molar-refractivity contribution in [3.63, 3.8) is 0 Å². The Morgan fingerprint density at radius 2 is 1.78 bits per heavy atom. The van der Waals surface area contributed by atoms with Gasteiger partial charge in [-0.2, -0.15) is 17.5 Å². The van der Waals surface area contributed by atoms with E-state index in [1.54, 1.807) is 30.3 Å². The first-order valence-corrected chi connectivity index (χ1v) is 13.6. The maximum Gasteiger partial charge on any atom is 0.416 e. The number of alkyl halides is 3. The van der Waals surface area contributed by atoms with E-state index in [2.05, 4.69) is 5.32 Å². The van der Waals surface area contributed by atoms with Crippen LogP contribution in [0.1, 0.15) is 22.7 Å². The van der Waals surface area contributed by atoms with Crippen LogP contribution < -0.4 is 10.9 Å². The number of amides is 1. The van der Waals surface area contributed by atoms with Gasteiger partial charge in [-0.25, -0.2) is 13.2 Å². The molecule has 9 nitrogen and oxygen atoms in total. The van der Waals surface area contributed by atoms with Gasteiger partial charge in [-0.1, -0.05) is 54.6 Å². The van der Waals surface area contributed by atoms with E-state index in [0.717, 1.165) is 40.3 Å². The van der Waals surface area contributed by atoms with Crippen molar-refractivity contribution < 1.29 is 36.3 Å². The summed E-state index contributed by atoms with van der Waals surface area (Å²) in [6, 6.07) is 14.6. The van der Waals surface area contributed by atoms with E-state index in [-0.39, 0.29) is 29.5 Å². The lowest BCUT2D eigenvalue weighted by atomic mass is 9.91.